The van der Waals surface area contributed by atoms with Crippen LogP contribution in [0, 0.1) is 0 Å². The third-order valence-electron chi connectivity index (χ3n) is 3.56. The highest BCUT2D eigenvalue weighted by atomic mass is 16.2. The fourth-order valence-corrected chi connectivity index (χ4v) is 2.77. The molecule has 0 aromatic carbocycles. The minimum atomic E-state index is 0.0492. The number of rotatable bonds is 2. The number of carbonyl (C=O) groups is 1. The number of hydrogen-bond donors (Lipinski definition) is 1. The van der Waals surface area contributed by atoms with Gasteiger partial charge in [0, 0.05) is 19.5 Å². The molecule has 1 amide bonds. The Kier molecular flexibility index (Phi) is 2.28. The molecule has 2 aliphatic rings. The van der Waals surface area contributed by atoms with Gasteiger partial charge in [-0.05, 0) is 19.3 Å². The van der Waals surface area contributed by atoms with Gasteiger partial charge >= 0.3 is 0 Å². The van der Waals surface area contributed by atoms with E-state index < -0.39 is 0 Å². The maximum absolute atomic E-state index is 11.6. The monoisotopic (exact) mass is 182 g/mol. The first-order valence-electron chi connectivity index (χ1n) is 5.29. The van der Waals surface area contributed by atoms with Crippen LogP contribution in [0.2, 0.25) is 0 Å². The second-order valence-corrected chi connectivity index (χ2v) is 4.28. The van der Waals surface area contributed by atoms with Crippen LogP contribution in [-0.4, -0.2) is 29.4 Å². The van der Waals surface area contributed by atoms with Crippen LogP contribution in [-0.2, 0) is 4.79 Å². The molecule has 1 aliphatic carbocycles. The van der Waals surface area contributed by atoms with E-state index in [0.717, 1.165) is 32.2 Å². The molecule has 0 aromatic heterocycles. The summed E-state index contributed by atoms with van der Waals surface area (Å²) in [5.41, 5.74) is 5.87. The van der Waals surface area contributed by atoms with E-state index in [1.807, 2.05) is 0 Å². The predicted octanol–water partition coefficient (Wildman–Crippen LogP) is 0.880. The molecule has 1 aliphatic heterocycles. The Bertz CT molecular complexity index is 209. The molecule has 13 heavy (non-hydrogen) atoms. The molecule has 0 unspecified atom stereocenters. The Labute approximate surface area is 79.3 Å². The average molecular weight is 182 g/mol. The van der Waals surface area contributed by atoms with Crippen LogP contribution in [0.25, 0.3) is 0 Å². The van der Waals surface area contributed by atoms with Crippen molar-refractivity contribution in [1.29, 1.82) is 0 Å². The van der Waals surface area contributed by atoms with Crippen LogP contribution in [0.3, 0.4) is 0 Å². The van der Waals surface area contributed by atoms with Gasteiger partial charge in [-0.3, -0.25) is 4.79 Å². The minimum Gasteiger partial charge on any atom is -0.336 e. The van der Waals surface area contributed by atoms with Gasteiger partial charge in [0.2, 0.25) is 5.91 Å². The average Bonchev–Trinajstić information content (AvgIpc) is 2.73. The van der Waals surface area contributed by atoms with E-state index in [0.29, 0.717) is 12.5 Å². The largest absolute Gasteiger partial charge is 0.336 e. The lowest BCUT2D eigenvalue weighted by Gasteiger charge is -2.37. The fraction of sp³-hybridized carbons (Fsp3) is 0.900. The summed E-state index contributed by atoms with van der Waals surface area (Å²) >= 11 is 0. The molecule has 0 bridgehead atoms. The number of likely N-dealkylation sites (tertiary alicyclic amines) is 1. The summed E-state index contributed by atoms with van der Waals surface area (Å²) in [4.78, 5) is 13.7. The Morgan fingerprint density at radius 2 is 2.00 bits per heavy atom. The topological polar surface area (TPSA) is 46.3 Å². The second-order valence-electron chi connectivity index (χ2n) is 4.28. The molecule has 2 rings (SSSR count). The Balaban J connectivity index is 2.15. The van der Waals surface area contributed by atoms with Crippen molar-refractivity contribution >= 4 is 5.91 Å². The fourth-order valence-electron chi connectivity index (χ4n) is 2.77. The Morgan fingerprint density at radius 1 is 1.31 bits per heavy atom. The molecule has 74 valence electrons. The number of nitrogens with two attached hydrogens (primary N) is 1. The first-order valence-corrected chi connectivity index (χ1v) is 5.29. The van der Waals surface area contributed by atoms with E-state index >= 15 is 0 Å². The number of hydrogen-bond acceptors (Lipinski definition) is 2. The van der Waals surface area contributed by atoms with E-state index in [2.05, 4.69) is 4.90 Å². The van der Waals surface area contributed by atoms with Gasteiger partial charge in [-0.25, -0.2) is 0 Å². The molecule has 2 fully saturated rings. The SMILES string of the molecule is NCC1(N2CCCC2=O)CCCC1. The molecule has 0 aromatic rings. The van der Waals surface area contributed by atoms with Crippen LogP contribution in [0.4, 0.5) is 0 Å². The third kappa shape index (κ3) is 1.35. The number of amides is 1. The quantitative estimate of drug-likeness (QED) is 0.689. The van der Waals surface area contributed by atoms with Crippen molar-refractivity contribution in [3.63, 3.8) is 0 Å². The maximum atomic E-state index is 11.6. The first-order chi connectivity index (χ1) is 6.28. The van der Waals surface area contributed by atoms with E-state index in [9.17, 15) is 4.79 Å². The van der Waals surface area contributed by atoms with Crippen LogP contribution in [0.1, 0.15) is 38.5 Å². The Hall–Kier alpha value is -0.570. The Morgan fingerprint density at radius 3 is 2.46 bits per heavy atom. The van der Waals surface area contributed by atoms with Crippen molar-refractivity contribution in [3.05, 3.63) is 0 Å². The van der Waals surface area contributed by atoms with Crippen LogP contribution < -0.4 is 5.73 Å². The molecule has 1 saturated heterocycles. The summed E-state index contributed by atoms with van der Waals surface area (Å²) < 4.78 is 0. The van der Waals surface area contributed by atoms with E-state index in [-0.39, 0.29) is 5.54 Å². The smallest absolute Gasteiger partial charge is 0.223 e. The van der Waals surface area contributed by atoms with Gasteiger partial charge in [0.15, 0.2) is 0 Å². The molecule has 2 N–H and O–H groups in total. The molecule has 0 atom stereocenters. The molecular weight excluding hydrogens is 164 g/mol. The van der Waals surface area contributed by atoms with Crippen LogP contribution >= 0.6 is 0 Å². The summed E-state index contributed by atoms with van der Waals surface area (Å²) in [5, 5.41) is 0. The minimum absolute atomic E-state index is 0.0492. The van der Waals surface area contributed by atoms with Gasteiger partial charge in [0.25, 0.3) is 0 Å². The molecular formula is C10H18N2O. The van der Waals surface area contributed by atoms with Gasteiger partial charge in [0.05, 0.1) is 5.54 Å². The van der Waals surface area contributed by atoms with Gasteiger partial charge in [0.1, 0.15) is 0 Å². The summed E-state index contributed by atoms with van der Waals surface area (Å²) in [5.74, 6) is 0.326. The predicted molar refractivity (Wildman–Crippen MR) is 51.2 cm³/mol. The second kappa shape index (κ2) is 3.29. The highest BCUT2D eigenvalue weighted by Gasteiger charge is 2.42. The van der Waals surface area contributed by atoms with Crippen molar-refractivity contribution in [2.75, 3.05) is 13.1 Å². The maximum Gasteiger partial charge on any atom is 0.223 e. The van der Waals surface area contributed by atoms with Crippen LogP contribution in [0.15, 0.2) is 0 Å². The lowest BCUT2D eigenvalue weighted by molar-refractivity contribution is -0.132. The van der Waals surface area contributed by atoms with Gasteiger partial charge in [-0.1, -0.05) is 12.8 Å². The summed E-state index contributed by atoms with van der Waals surface area (Å²) in [6.45, 7) is 1.59. The zero-order chi connectivity index (χ0) is 9.31. The molecule has 3 nitrogen and oxygen atoms in total. The molecule has 0 radical (unpaired) electrons. The summed E-state index contributed by atoms with van der Waals surface area (Å²) in [6, 6.07) is 0. The van der Waals surface area contributed by atoms with E-state index in [4.69, 9.17) is 5.73 Å². The van der Waals surface area contributed by atoms with E-state index in [1.165, 1.54) is 12.8 Å². The number of nitrogens with zero attached hydrogens (tertiary/aromatic N) is 1. The molecule has 1 heterocycles. The molecule has 1 saturated carbocycles. The summed E-state index contributed by atoms with van der Waals surface area (Å²) in [7, 11) is 0. The lowest BCUT2D eigenvalue weighted by Crippen LogP contribution is -2.52. The zero-order valence-corrected chi connectivity index (χ0v) is 8.09. The molecule has 0 spiro atoms. The van der Waals surface area contributed by atoms with Crippen molar-refractivity contribution in [1.82, 2.24) is 4.90 Å². The van der Waals surface area contributed by atoms with Gasteiger partial charge in [-0.15, -0.1) is 0 Å². The van der Waals surface area contributed by atoms with Crippen molar-refractivity contribution < 1.29 is 4.79 Å². The molecule has 3 heteroatoms. The number of carbonyl (C=O) groups excluding carboxylic acids is 1. The highest BCUT2D eigenvalue weighted by molar-refractivity contribution is 5.79. The summed E-state index contributed by atoms with van der Waals surface area (Å²) in [6.07, 6.45) is 6.48. The van der Waals surface area contributed by atoms with Crippen molar-refractivity contribution in [2.45, 2.75) is 44.1 Å². The lowest BCUT2D eigenvalue weighted by atomic mass is 9.96. The third-order valence-corrected chi connectivity index (χ3v) is 3.56. The van der Waals surface area contributed by atoms with Gasteiger partial charge < -0.3 is 10.6 Å². The zero-order valence-electron chi connectivity index (χ0n) is 8.09. The van der Waals surface area contributed by atoms with Crippen molar-refractivity contribution in [2.24, 2.45) is 5.73 Å². The standard InChI is InChI=1S/C10H18N2O/c11-8-10(5-1-2-6-10)12-7-3-4-9(12)13/h1-8,11H2. The van der Waals surface area contributed by atoms with Crippen molar-refractivity contribution in [3.8, 4) is 0 Å². The van der Waals surface area contributed by atoms with E-state index in [1.54, 1.807) is 0 Å². The van der Waals surface area contributed by atoms with Gasteiger partial charge in [-0.2, -0.15) is 0 Å². The normalized spacial score (nSPS) is 27.2. The first kappa shape index (κ1) is 9.00. The van der Waals surface area contributed by atoms with Crippen LogP contribution in [0.5, 0.6) is 0 Å². The highest BCUT2D eigenvalue weighted by Crippen LogP contribution is 2.36.